The fourth-order valence-electron chi connectivity index (χ4n) is 2.90. The lowest BCUT2D eigenvalue weighted by Crippen LogP contribution is -2.14. The fraction of sp³-hybridized carbons (Fsp3) is 0.190. The summed E-state index contributed by atoms with van der Waals surface area (Å²) in [5.41, 5.74) is 5.20. The van der Waals surface area contributed by atoms with Crippen molar-refractivity contribution in [1.82, 2.24) is 4.98 Å². The highest BCUT2D eigenvalue weighted by Gasteiger charge is 2.23. The van der Waals surface area contributed by atoms with Gasteiger partial charge < -0.3 is 10.3 Å². The van der Waals surface area contributed by atoms with E-state index in [4.69, 9.17) is 0 Å². The highest BCUT2D eigenvalue weighted by atomic mass is 16.1. The predicted molar refractivity (Wildman–Crippen MR) is 99.6 cm³/mol. The van der Waals surface area contributed by atoms with Crippen LogP contribution in [0.15, 0.2) is 60.7 Å². The number of hydrogen-bond acceptors (Lipinski definition) is 2. The smallest absolute Gasteiger partial charge is 0.196 e. The molecule has 0 aliphatic rings. The highest BCUT2D eigenvalue weighted by molar-refractivity contribution is 6.15. The summed E-state index contributed by atoms with van der Waals surface area (Å²) >= 11 is 0. The summed E-state index contributed by atoms with van der Waals surface area (Å²) in [6.07, 6.45) is 0. The van der Waals surface area contributed by atoms with Crippen LogP contribution in [0.3, 0.4) is 0 Å². The lowest BCUT2D eigenvalue weighted by atomic mass is 10.0. The van der Waals surface area contributed by atoms with Gasteiger partial charge in [0.05, 0.1) is 16.9 Å². The van der Waals surface area contributed by atoms with E-state index in [0.29, 0.717) is 11.1 Å². The third-order valence-electron chi connectivity index (χ3n) is 3.95. The van der Waals surface area contributed by atoms with E-state index in [1.54, 1.807) is 0 Å². The Morgan fingerprint density at radius 3 is 2.12 bits per heavy atom. The second kappa shape index (κ2) is 6.75. The maximum atomic E-state index is 13.1. The van der Waals surface area contributed by atoms with Gasteiger partial charge in [-0.15, -0.1) is 0 Å². The first-order valence-corrected chi connectivity index (χ1v) is 8.22. The zero-order valence-corrected chi connectivity index (χ0v) is 14.3. The summed E-state index contributed by atoms with van der Waals surface area (Å²) in [5.74, 6) is 0.0367. The van der Waals surface area contributed by atoms with Gasteiger partial charge >= 0.3 is 0 Å². The third kappa shape index (κ3) is 3.11. The Bertz CT molecular complexity index is 833. The maximum Gasteiger partial charge on any atom is 0.196 e. The van der Waals surface area contributed by atoms with E-state index in [2.05, 4.69) is 24.1 Å². The second-order valence-corrected chi connectivity index (χ2v) is 6.24. The summed E-state index contributed by atoms with van der Waals surface area (Å²) in [6.45, 7) is 6.11. The summed E-state index contributed by atoms with van der Waals surface area (Å²) < 4.78 is 0. The Balaban J connectivity index is 2.15. The number of aryl methyl sites for hydroxylation is 1. The molecule has 0 aliphatic heterocycles. The van der Waals surface area contributed by atoms with Crippen molar-refractivity contribution in [2.75, 3.05) is 5.32 Å². The van der Waals surface area contributed by atoms with Crippen molar-refractivity contribution < 1.29 is 4.79 Å². The number of ketones is 1. The molecule has 2 N–H and O–H groups in total. The Morgan fingerprint density at radius 1 is 0.958 bits per heavy atom. The molecule has 2 aromatic carbocycles. The molecule has 0 saturated heterocycles. The molecular formula is C21H22N2O. The third-order valence-corrected chi connectivity index (χ3v) is 3.95. The standard InChI is InChI=1S/C21H22N2O/c1-14(2)22-20-18(21(24)17-12-8-5-9-13-17)15(3)23-19(20)16-10-6-4-7-11-16/h4-14,22-23H,1-3H3. The number of benzene rings is 2. The minimum atomic E-state index is 0.0367. The average Bonchev–Trinajstić information content (AvgIpc) is 2.91. The lowest BCUT2D eigenvalue weighted by Gasteiger charge is -2.14. The van der Waals surface area contributed by atoms with Crippen molar-refractivity contribution in [2.24, 2.45) is 0 Å². The molecule has 3 aromatic rings. The number of carbonyl (C=O) groups is 1. The molecule has 3 heteroatoms. The van der Waals surface area contributed by atoms with E-state index in [1.165, 1.54) is 0 Å². The number of H-pyrrole nitrogens is 1. The van der Waals surface area contributed by atoms with Gasteiger partial charge in [-0.2, -0.15) is 0 Å². The molecule has 0 unspecified atom stereocenters. The predicted octanol–water partition coefficient (Wildman–Crippen LogP) is 5.04. The summed E-state index contributed by atoms with van der Waals surface area (Å²) in [7, 11) is 0. The molecule has 1 heterocycles. The Morgan fingerprint density at radius 2 is 1.54 bits per heavy atom. The number of anilines is 1. The van der Waals surface area contributed by atoms with Crippen LogP contribution < -0.4 is 5.32 Å². The van der Waals surface area contributed by atoms with Crippen molar-refractivity contribution >= 4 is 11.5 Å². The minimum absolute atomic E-state index is 0.0367. The van der Waals surface area contributed by atoms with Crippen LogP contribution in [0.25, 0.3) is 11.3 Å². The number of aromatic amines is 1. The van der Waals surface area contributed by atoms with Crippen LogP contribution >= 0.6 is 0 Å². The molecule has 0 amide bonds. The molecule has 0 radical (unpaired) electrons. The van der Waals surface area contributed by atoms with E-state index in [1.807, 2.05) is 67.6 Å². The molecule has 0 atom stereocenters. The number of rotatable bonds is 5. The van der Waals surface area contributed by atoms with Crippen molar-refractivity contribution in [3.8, 4) is 11.3 Å². The van der Waals surface area contributed by atoms with Crippen LogP contribution in [0.2, 0.25) is 0 Å². The Kier molecular flexibility index (Phi) is 4.52. The van der Waals surface area contributed by atoms with E-state index in [0.717, 1.165) is 22.6 Å². The normalized spacial score (nSPS) is 10.8. The van der Waals surface area contributed by atoms with E-state index < -0.39 is 0 Å². The van der Waals surface area contributed by atoms with Crippen LogP contribution in [0.1, 0.15) is 35.5 Å². The number of nitrogens with one attached hydrogen (secondary N) is 2. The van der Waals surface area contributed by atoms with Gasteiger partial charge in [0.2, 0.25) is 0 Å². The van der Waals surface area contributed by atoms with Gasteiger partial charge in [0.15, 0.2) is 5.78 Å². The highest BCUT2D eigenvalue weighted by Crippen LogP contribution is 2.34. The SMILES string of the molecule is Cc1[nH]c(-c2ccccc2)c(NC(C)C)c1C(=O)c1ccccc1. The number of carbonyl (C=O) groups excluding carboxylic acids is 1. The fourth-order valence-corrected chi connectivity index (χ4v) is 2.90. The molecule has 0 bridgehead atoms. The molecule has 122 valence electrons. The molecule has 24 heavy (non-hydrogen) atoms. The van der Waals surface area contributed by atoms with E-state index >= 15 is 0 Å². The molecular weight excluding hydrogens is 296 g/mol. The minimum Gasteiger partial charge on any atom is -0.381 e. The molecule has 3 nitrogen and oxygen atoms in total. The van der Waals surface area contributed by atoms with Gasteiger partial charge in [-0.25, -0.2) is 0 Å². The van der Waals surface area contributed by atoms with Crippen LogP contribution in [0.5, 0.6) is 0 Å². The van der Waals surface area contributed by atoms with Gasteiger partial charge in [0.1, 0.15) is 0 Å². The maximum absolute atomic E-state index is 13.1. The van der Waals surface area contributed by atoms with Crippen molar-refractivity contribution in [2.45, 2.75) is 26.8 Å². The molecule has 1 aromatic heterocycles. The zero-order chi connectivity index (χ0) is 17.1. The van der Waals surface area contributed by atoms with Gasteiger partial charge in [-0.3, -0.25) is 4.79 Å². The lowest BCUT2D eigenvalue weighted by molar-refractivity contribution is 0.103. The molecule has 0 saturated carbocycles. The van der Waals surface area contributed by atoms with E-state index in [-0.39, 0.29) is 11.8 Å². The largest absolute Gasteiger partial charge is 0.381 e. The quantitative estimate of drug-likeness (QED) is 0.647. The van der Waals surface area contributed by atoms with Crippen LogP contribution in [-0.4, -0.2) is 16.8 Å². The molecule has 0 aliphatic carbocycles. The second-order valence-electron chi connectivity index (χ2n) is 6.24. The van der Waals surface area contributed by atoms with Crippen molar-refractivity contribution in [1.29, 1.82) is 0 Å². The van der Waals surface area contributed by atoms with E-state index in [9.17, 15) is 4.79 Å². The molecule has 3 rings (SSSR count). The number of aromatic nitrogens is 1. The molecule has 0 fully saturated rings. The van der Waals surface area contributed by atoms with Gasteiger partial charge in [0.25, 0.3) is 0 Å². The summed E-state index contributed by atoms with van der Waals surface area (Å²) in [5, 5.41) is 3.46. The molecule has 0 spiro atoms. The Labute approximate surface area is 142 Å². The van der Waals surface area contributed by atoms with Crippen LogP contribution in [-0.2, 0) is 0 Å². The first-order chi connectivity index (χ1) is 11.6. The van der Waals surface area contributed by atoms with Gasteiger partial charge in [0, 0.05) is 22.9 Å². The van der Waals surface area contributed by atoms with Gasteiger partial charge in [-0.1, -0.05) is 60.7 Å². The first-order valence-electron chi connectivity index (χ1n) is 8.22. The summed E-state index contributed by atoms with van der Waals surface area (Å²) in [6, 6.07) is 19.7. The van der Waals surface area contributed by atoms with Crippen molar-refractivity contribution in [3.05, 3.63) is 77.5 Å². The first kappa shape index (κ1) is 16.1. The zero-order valence-electron chi connectivity index (χ0n) is 14.3. The number of hydrogen-bond donors (Lipinski definition) is 2. The summed E-state index contributed by atoms with van der Waals surface area (Å²) in [4.78, 5) is 16.5. The van der Waals surface area contributed by atoms with Crippen LogP contribution in [0, 0.1) is 6.92 Å². The Hall–Kier alpha value is -2.81. The topological polar surface area (TPSA) is 44.9 Å². The monoisotopic (exact) mass is 318 g/mol. The van der Waals surface area contributed by atoms with Crippen molar-refractivity contribution in [3.63, 3.8) is 0 Å². The average molecular weight is 318 g/mol. The van der Waals surface area contributed by atoms with Crippen LogP contribution in [0.4, 0.5) is 5.69 Å². The van der Waals surface area contributed by atoms with Gasteiger partial charge in [-0.05, 0) is 20.8 Å².